The van der Waals surface area contributed by atoms with Gasteiger partial charge in [-0.3, -0.25) is 4.79 Å². The summed E-state index contributed by atoms with van der Waals surface area (Å²) in [5.74, 6) is 0.177. The molecule has 11 nitrogen and oxygen atoms in total. The van der Waals surface area contributed by atoms with Gasteiger partial charge in [0.1, 0.15) is 30.1 Å². The number of amides is 2. The number of carbonyl (C=O) groups is 2. The van der Waals surface area contributed by atoms with Crippen molar-refractivity contribution >= 4 is 39.8 Å². The monoisotopic (exact) mass is 566 g/mol. The summed E-state index contributed by atoms with van der Waals surface area (Å²) >= 11 is 0. The fraction of sp³-hybridized carbons (Fsp3) is 0.379. The van der Waals surface area contributed by atoms with E-state index in [4.69, 9.17) is 15.2 Å². The van der Waals surface area contributed by atoms with E-state index in [9.17, 15) is 14.1 Å². The third kappa shape index (κ3) is 7.27. The fourth-order valence-electron chi connectivity index (χ4n) is 4.44. The standard InChI is InChI=1S/C29H35FN6O5/c1-28(2,18-36-22(17-41-30)34-23-24(36)20-12-8-9-13-21(20)33-25(23)31)40-15-14-32-26(37)29(3,4)35-27(38)39-16-19-10-6-5-7-11-19/h5-13H,14-18H2,1-4H3,(H2,31,33)(H,32,37)(H,35,38). The van der Waals surface area contributed by atoms with Crippen LogP contribution in [0.1, 0.15) is 39.1 Å². The van der Waals surface area contributed by atoms with E-state index in [1.165, 1.54) is 0 Å². The summed E-state index contributed by atoms with van der Waals surface area (Å²) in [6.07, 6.45) is -0.699. The second kappa shape index (κ2) is 12.5. The Balaban J connectivity index is 1.35. The minimum absolute atomic E-state index is 0.0948. The highest BCUT2D eigenvalue weighted by Gasteiger charge is 2.30. The number of carbonyl (C=O) groups excluding carboxylic acids is 2. The van der Waals surface area contributed by atoms with Crippen LogP contribution >= 0.6 is 0 Å². The van der Waals surface area contributed by atoms with Gasteiger partial charge in [0.05, 0.1) is 29.8 Å². The van der Waals surface area contributed by atoms with Gasteiger partial charge in [0, 0.05) is 11.9 Å². The molecule has 0 aliphatic carbocycles. The van der Waals surface area contributed by atoms with Gasteiger partial charge < -0.3 is 30.4 Å². The van der Waals surface area contributed by atoms with E-state index in [1.807, 2.05) is 73.0 Å². The van der Waals surface area contributed by atoms with E-state index < -0.39 is 23.1 Å². The van der Waals surface area contributed by atoms with Crippen molar-refractivity contribution in [2.75, 3.05) is 18.9 Å². The van der Waals surface area contributed by atoms with Gasteiger partial charge in [-0.1, -0.05) is 48.5 Å². The first-order chi connectivity index (χ1) is 19.5. The van der Waals surface area contributed by atoms with Crippen LogP contribution in [0.25, 0.3) is 21.9 Å². The molecule has 0 saturated heterocycles. The Hall–Kier alpha value is -4.29. The maximum Gasteiger partial charge on any atom is 0.408 e. The molecule has 4 rings (SSSR count). The van der Waals surface area contributed by atoms with Crippen LogP contribution in [-0.4, -0.2) is 50.8 Å². The van der Waals surface area contributed by atoms with Crippen LogP contribution in [-0.2, 0) is 39.0 Å². The number of nitrogens with one attached hydrogen (secondary N) is 2. The quantitative estimate of drug-likeness (QED) is 0.217. The SMILES string of the molecule is CC(C)(Cn1c(COF)nc2c(N)nc3ccccc3c21)OCCNC(=O)C(C)(C)NC(=O)OCc1ccccc1. The first-order valence-corrected chi connectivity index (χ1v) is 13.2. The van der Waals surface area contributed by atoms with Gasteiger partial charge in [-0.2, -0.15) is 4.94 Å². The Morgan fingerprint density at radius 2 is 1.71 bits per heavy atom. The number of fused-ring (bicyclic) bond motifs is 3. The molecule has 2 aromatic heterocycles. The van der Waals surface area contributed by atoms with Crippen LogP contribution in [0.4, 0.5) is 15.1 Å². The number of nitrogens with zero attached hydrogens (tertiary/aromatic N) is 3. The van der Waals surface area contributed by atoms with Crippen LogP contribution in [0.3, 0.4) is 0 Å². The molecule has 2 aromatic carbocycles. The molecule has 0 bridgehead atoms. The summed E-state index contributed by atoms with van der Waals surface area (Å²) in [5, 5.41) is 6.18. The normalized spacial score (nSPS) is 12.0. The number of hydrogen-bond acceptors (Lipinski definition) is 8. The van der Waals surface area contributed by atoms with Crippen molar-refractivity contribution in [3.8, 4) is 0 Å². The third-order valence-electron chi connectivity index (χ3n) is 6.49. The minimum Gasteiger partial charge on any atom is -0.445 e. The number of hydrogen-bond donors (Lipinski definition) is 3. The topological polar surface area (TPSA) is 143 Å². The highest BCUT2D eigenvalue weighted by molar-refractivity contribution is 6.06. The summed E-state index contributed by atoms with van der Waals surface area (Å²) in [6.45, 7) is 7.31. The van der Waals surface area contributed by atoms with Crippen molar-refractivity contribution < 1.29 is 28.5 Å². The molecule has 0 saturated carbocycles. The van der Waals surface area contributed by atoms with E-state index in [-0.39, 0.29) is 32.2 Å². The number of pyridine rings is 1. The number of nitrogens with two attached hydrogens (primary N) is 1. The van der Waals surface area contributed by atoms with E-state index in [0.717, 1.165) is 10.9 Å². The third-order valence-corrected chi connectivity index (χ3v) is 6.49. The molecule has 0 unspecified atom stereocenters. The van der Waals surface area contributed by atoms with E-state index in [2.05, 4.69) is 25.5 Å². The Morgan fingerprint density at radius 1 is 1.00 bits per heavy atom. The van der Waals surface area contributed by atoms with Crippen molar-refractivity contribution in [1.82, 2.24) is 25.2 Å². The highest BCUT2D eigenvalue weighted by Crippen LogP contribution is 2.30. The van der Waals surface area contributed by atoms with Crippen LogP contribution in [0, 0.1) is 0 Å². The van der Waals surface area contributed by atoms with Gasteiger partial charge in [0.25, 0.3) is 0 Å². The van der Waals surface area contributed by atoms with Crippen molar-refractivity contribution in [2.45, 2.75) is 58.6 Å². The number of imidazole rings is 1. The van der Waals surface area contributed by atoms with E-state index in [0.29, 0.717) is 28.9 Å². The average Bonchev–Trinajstić information content (AvgIpc) is 3.28. The van der Waals surface area contributed by atoms with Gasteiger partial charge >= 0.3 is 6.09 Å². The lowest BCUT2D eigenvalue weighted by Gasteiger charge is -2.28. The van der Waals surface area contributed by atoms with Crippen LogP contribution in [0.15, 0.2) is 54.6 Å². The number of rotatable bonds is 12. The molecule has 0 spiro atoms. The zero-order valence-electron chi connectivity index (χ0n) is 23.6. The molecule has 0 fully saturated rings. The van der Waals surface area contributed by atoms with Crippen LogP contribution in [0.2, 0.25) is 0 Å². The number of halogens is 1. The summed E-state index contributed by atoms with van der Waals surface area (Å²) in [6, 6.07) is 16.7. The maximum atomic E-state index is 12.9. The van der Waals surface area contributed by atoms with Crippen molar-refractivity contribution in [3.63, 3.8) is 0 Å². The number of ether oxygens (including phenoxy) is 2. The molecular formula is C29H35FN6O5. The molecule has 12 heteroatoms. The molecule has 0 aliphatic rings. The first kappa shape index (κ1) is 29.7. The highest BCUT2D eigenvalue weighted by atomic mass is 19.3. The molecule has 41 heavy (non-hydrogen) atoms. The number of aromatic nitrogens is 3. The summed E-state index contributed by atoms with van der Waals surface area (Å²) in [7, 11) is 0. The lowest BCUT2D eigenvalue weighted by molar-refractivity contribution is -0.147. The Morgan fingerprint density at radius 3 is 2.44 bits per heavy atom. The smallest absolute Gasteiger partial charge is 0.408 e. The summed E-state index contributed by atoms with van der Waals surface area (Å²) < 4.78 is 26.1. The maximum absolute atomic E-state index is 12.9. The van der Waals surface area contributed by atoms with Crippen molar-refractivity contribution in [1.29, 1.82) is 0 Å². The first-order valence-electron chi connectivity index (χ1n) is 13.2. The van der Waals surface area contributed by atoms with E-state index >= 15 is 0 Å². The lowest BCUT2D eigenvalue weighted by atomic mass is 10.1. The molecule has 0 atom stereocenters. The number of benzene rings is 2. The molecule has 0 aliphatic heterocycles. The predicted molar refractivity (Wildman–Crippen MR) is 152 cm³/mol. The molecule has 4 N–H and O–H groups in total. The minimum atomic E-state index is -1.21. The Bertz CT molecular complexity index is 1520. The second-order valence-corrected chi connectivity index (χ2v) is 10.8. The number of para-hydroxylation sites is 1. The molecule has 0 radical (unpaired) electrons. The van der Waals surface area contributed by atoms with Gasteiger partial charge in [0.15, 0.2) is 5.82 Å². The Kier molecular flexibility index (Phi) is 9.04. The van der Waals surface area contributed by atoms with Gasteiger partial charge in [-0.05, 0) is 43.9 Å². The van der Waals surface area contributed by atoms with Crippen LogP contribution in [0.5, 0.6) is 0 Å². The molecule has 2 amide bonds. The van der Waals surface area contributed by atoms with Crippen LogP contribution < -0.4 is 16.4 Å². The van der Waals surface area contributed by atoms with Crippen molar-refractivity contribution in [2.24, 2.45) is 0 Å². The lowest BCUT2D eigenvalue weighted by Crippen LogP contribution is -2.55. The van der Waals surface area contributed by atoms with E-state index in [1.54, 1.807) is 13.8 Å². The molecule has 2 heterocycles. The average molecular weight is 567 g/mol. The second-order valence-electron chi connectivity index (χ2n) is 10.8. The van der Waals surface area contributed by atoms with Gasteiger partial charge in [0.2, 0.25) is 5.91 Å². The zero-order valence-corrected chi connectivity index (χ0v) is 23.6. The predicted octanol–water partition coefficient (Wildman–Crippen LogP) is 4.18. The van der Waals surface area contributed by atoms with Crippen molar-refractivity contribution in [3.05, 3.63) is 66.0 Å². The molecule has 4 aromatic rings. The fourth-order valence-corrected chi connectivity index (χ4v) is 4.44. The number of alkyl carbamates (subject to hydrolysis) is 1. The van der Waals surface area contributed by atoms with Gasteiger partial charge in [-0.15, -0.1) is 0 Å². The number of nitrogen functional groups attached to an aromatic ring is 1. The molecular weight excluding hydrogens is 531 g/mol. The van der Waals surface area contributed by atoms with Gasteiger partial charge in [-0.25, -0.2) is 14.8 Å². The summed E-state index contributed by atoms with van der Waals surface area (Å²) in [5.41, 5.74) is 6.89. The number of anilines is 1. The Labute approximate surface area is 237 Å². The zero-order chi connectivity index (χ0) is 29.6. The molecule has 218 valence electrons. The largest absolute Gasteiger partial charge is 0.445 e. The summed E-state index contributed by atoms with van der Waals surface area (Å²) in [4.78, 5) is 37.8.